The van der Waals surface area contributed by atoms with E-state index in [1.54, 1.807) is 6.08 Å². The number of hydrogen-bond donors (Lipinski definition) is 1. The number of carbonyl (C=O) groups is 2. The van der Waals surface area contributed by atoms with Crippen molar-refractivity contribution in [1.82, 2.24) is 5.01 Å². The van der Waals surface area contributed by atoms with Crippen LogP contribution in [0.5, 0.6) is 0 Å². The molecule has 3 aliphatic rings. The summed E-state index contributed by atoms with van der Waals surface area (Å²) in [6, 6.07) is 4.16. The fraction of sp³-hybridized carbons (Fsp3) is 0.455. The normalized spacial score (nSPS) is 22.9. The van der Waals surface area contributed by atoms with Crippen LogP contribution in [0, 0.1) is 6.57 Å². The van der Waals surface area contributed by atoms with E-state index in [0.29, 0.717) is 5.01 Å². The van der Waals surface area contributed by atoms with Crippen LogP contribution in [0.25, 0.3) is 10.9 Å². The van der Waals surface area contributed by atoms with Gasteiger partial charge in [-0.15, -0.1) is 0 Å². The second-order valence-corrected chi connectivity index (χ2v) is 9.21. The lowest BCUT2D eigenvalue weighted by Gasteiger charge is -2.48. The number of imide groups is 1. The molecule has 0 spiro atoms. The Labute approximate surface area is 170 Å². The van der Waals surface area contributed by atoms with Gasteiger partial charge in [-0.05, 0) is 62.6 Å². The van der Waals surface area contributed by atoms with Crippen LogP contribution in [0.15, 0.2) is 22.8 Å². The maximum absolute atomic E-state index is 12.5. The van der Waals surface area contributed by atoms with Gasteiger partial charge in [0.2, 0.25) is 0 Å². The topological polar surface area (TPSA) is 77.6 Å². The Hall–Kier alpha value is -3.14. The number of nitrogens with zero attached hydrogens (tertiary/aromatic N) is 4. The Morgan fingerprint density at radius 2 is 1.72 bits per heavy atom. The second-order valence-electron chi connectivity index (χ2n) is 9.21. The highest BCUT2D eigenvalue weighted by Gasteiger charge is 2.41. The van der Waals surface area contributed by atoms with Crippen LogP contribution in [0.3, 0.4) is 0 Å². The van der Waals surface area contributed by atoms with Crippen molar-refractivity contribution in [2.24, 2.45) is 5.10 Å². The highest BCUT2D eigenvalue weighted by molar-refractivity contribution is 6.32. The molecule has 0 saturated carbocycles. The van der Waals surface area contributed by atoms with Crippen molar-refractivity contribution < 1.29 is 14.7 Å². The average molecular weight is 392 g/mol. The van der Waals surface area contributed by atoms with E-state index in [9.17, 15) is 9.59 Å². The number of carbonyl (C=O) groups excluding carboxylic acids is 1. The molecular weight excluding hydrogens is 368 g/mol. The molecule has 4 rings (SSSR count). The fourth-order valence-corrected chi connectivity index (χ4v) is 4.46. The minimum absolute atomic E-state index is 0.00791. The number of carboxylic acid groups (broad SMARTS) is 1. The number of rotatable bonds is 1. The molecule has 0 atom stereocenters. The van der Waals surface area contributed by atoms with Gasteiger partial charge in [0.1, 0.15) is 0 Å². The molecule has 7 heteroatoms. The number of amidine groups is 1. The van der Waals surface area contributed by atoms with Gasteiger partial charge in [0, 0.05) is 18.8 Å². The zero-order chi connectivity index (χ0) is 21.1. The van der Waals surface area contributed by atoms with Crippen molar-refractivity contribution in [2.75, 3.05) is 18.0 Å². The summed E-state index contributed by atoms with van der Waals surface area (Å²) < 4.78 is 0. The number of hydrogen-bond acceptors (Lipinski definition) is 4. The number of amides is 2. The predicted octanol–water partition coefficient (Wildman–Crippen LogP) is 3.99. The summed E-state index contributed by atoms with van der Waals surface area (Å²) in [5.74, 6) is -0.973. The van der Waals surface area contributed by atoms with E-state index in [1.165, 1.54) is 16.8 Å². The van der Waals surface area contributed by atoms with Crippen molar-refractivity contribution in [3.63, 3.8) is 0 Å². The Morgan fingerprint density at radius 1 is 1.17 bits per heavy atom. The summed E-state index contributed by atoms with van der Waals surface area (Å²) in [5.41, 5.74) is 4.58. The van der Waals surface area contributed by atoms with Crippen LogP contribution < -0.4 is 4.90 Å². The summed E-state index contributed by atoms with van der Waals surface area (Å²) in [4.78, 5) is 29.4. The minimum Gasteiger partial charge on any atom is -0.462 e. The maximum Gasteiger partial charge on any atom is 0.453 e. The van der Waals surface area contributed by atoms with Crippen LogP contribution in [0.4, 0.5) is 10.5 Å². The van der Waals surface area contributed by atoms with Crippen molar-refractivity contribution in [1.29, 1.82) is 0 Å². The summed E-state index contributed by atoms with van der Waals surface area (Å²) in [6.07, 6.45) is 2.21. The van der Waals surface area contributed by atoms with Gasteiger partial charge in [-0.3, -0.25) is 4.79 Å². The van der Waals surface area contributed by atoms with Crippen LogP contribution in [0.1, 0.15) is 57.2 Å². The summed E-state index contributed by atoms with van der Waals surface area (Å²) >= 11 is 0. The number of hydrazone groups is 1. The molecule has 1 N–H and O–H groups in total. The van der Waals surface area contributed by atoms with Gasteiger partial charge in [0.25, 0.3) is 5.91 Å². The molecule has 1 aromatic rings. The average Bonchev–Trinajstić information content (AvgIpc) is 2.96. The third-order valence-corrected chi connectivity index (χ3v) is 6.38. The molecule has 0 radical (unpaired) electrons. The molecule has 0 saturated heterocycles. The van der Waals surface area contributed by atoms with Gasteiger partial charge in [-0.25, -0.2) is 4.79 Å². The fourth-order valence-electron chi connectivity index (χ4n) is 4.46. The molecular formula is C22H24N4O3. The molecule has 0 aromatic heterocycles. The SMILES string of the molecule is [C-]#[N+]C1=NN(C(=O)O)C(=O)C1=Cc1cc2c3c(c1)C(C)(C)CCN3CCC2(C)C. The molecule has 0 bridgehead atoms. The van der Waals surface area contributed by atoms with E-state index in [0.717, 1.165) is 31.5 Å². The van der Waals surface area contributed by atoms with Crippen LogP contribution in [-0.4, -0.2) is 41.0 Å². The highest BCUT2D eigenvalue weighted by Crippen LogP contribution is 2.49. The number of anilines is 1. The molecule has 2 amide bonds. The van der Waals surface area contributed by atoms with Crippen molar-refractivity contribution in [2.45, 2.75) is 51.4 Å². The van der Waals surface area contributed by atoms with Crippen LogP contribution >= 0.6 is 0 Å². The van der Waals surface area contributed by atoms with E-state index in [-0.39, 0.29) is 22.2 Å². The molecule has 3 heterocycles. The molecule has 3 aliphatic heterocycles. The highest BCUT2D eigenvalue weighted by atomic mass is 16.4. The molecule has 29 heavy (non-hydrogen) atoms. The van der Waals surface area contributed by atoms with Crippen LogP contribution in [-0.2, 0) is 15.6 Å². The van der Waals surface area contributed by atoms with E-state index >= 15 is 0 Å². The summed E-state index contributed by atoms with van der Waals surface area (Å²) in [5, 5.41) is 13.1. The molecule has 0 unspecified atom stereocenters. The van der Waals surface area contributed by atoms with Gasteiger partial charge >= 0.3 is 11.9 Å². The molecule has 150 valence electrons. The largest absolute Gasteiger partial charge is 0.462 e. The molecule has 7 nitrogen and oxygen atoms in total. The smallest absolute Gasteiger partial charge is 0.453 e. The van der Waals surface area contributed by atoms with Gasteiger partial charge in [0.15, 0.2) is 0 Å². The maximum atomic E-state index is 12.5. The van der Waals surface area contributed by atoms with Gasteiger partial charge < -0.3 is 14.9 Å². The van der Waals surface area contributed by atoms with E-state index in [2.05, 4.69) is 54.7 Å². The third-order valence-electron chi connectivity index (χ3n) is 6.38. The van der Waals surface area contributed by atoms with Gasteiger partial charge in [-0.1, -0.05) is 40.3 Å². The minimum atomic E-state index is -1.49. The number of benzene rings is 1. The summed E-state index contributed by atoms with van der Waals surface area (Å²) in [7, 11) is 0. The van der Waals surface area contributed by atoms with Crippen LogP contribution in [0.2, 0.25) is 0 Å². The second kappa shape index (κ2) is 6.18. The lowest BCUT2D eigenvalue weighted by molar-refractivity contribution is -0.123. The molecule has 0 aliphatic carbocycles. The monoisotopic (exact) mass is 392 g/mol. The Kier molecular flexibility index (Phi) is 4.09. The van der Waals surface area contributed by atoms with E-state index in [1.807, 2.05) is 0 Å². The third kappa shape index (κ3) is 2.91. The Balaban J connectivity index is 1.90. The first-order chi connectivity index (χ1) is 13.5. The van der Waals surface area contributed by atoms with Gasteiger partial charge in [-0.2, -0.15) is 0 Å². The lowest BCUT2D eigenvalue weighted by atomic mass is 9.69. The van der Waals surface area contributed by atoms with E-state index in [4.69, 9.17) is 11.7 Å². The Bertz CT molecular complexity index is 1000. The van der Waals surface area contributed by atoms with E-state index < -0.39 is 12.0 Å². The van der Waals surface area contributed by atoms with Gasteiger partial charge in [0.05, 0.1) is 5.57 Å². The Morgan fingerprint density at radius 3 is 2.21 bits per heavy atom. The lowest BCUT2D eigenvalue weighted by Crippen LogP contribution is -2.44. The first-order valence-corrected chi connectivity index (χ1v) is 9.75. The predicted molar refractivity (Wildman–Crippen MR) is 111 cm³/mol. The molecule has 1 aromatic carbocycles. The zero-order valence-electron chi connectivity index (χ0n) is 17.1. The van der Waals surface area contributed by atoms with Crippen molar-refractivity contribution in [3.05, 3.63) is 45.8 Å². The molecule has 0 fully saturated rings. The van der Waals surface area contributed by atoms with Crippen molar-refractivity contribution >= 4 is 29.6 Å². The van der Waals surface area contributed by atoms with Crippen molar-refractivity contribution in [3.8, 4) is 0 Å². The first kappa shape index (κ1) is 19.2. The standard InChI is InChI=1S/C22H24N4O3/c1-21(2)6-8-25-9-7-22(3,4)16-12-13(11-15(21)17(16)25)10-14-18(23-5)24-26(19(14)27)20(28)29/h10-12H,6-9H2,1-4H3,(H,28,29). The zero-order valence-corrected chi connectivity index (χ0v) is 17.1. The first-order valence-electron chi connectivity index (χ1n) is 9.75. The summed E-state index contributed by atoms with van der Waals surface area (Å²) in [6.45, 7) is 18.3. The quantitative estimate of drug-likeness (QED) is 0.579.